The summed E-state index contributed by atoms with van der Waals surface area (Å²) in [4.78, 5) is 19.8. The third-order valence-corrected chi connectivity index (χ3v) is 8.26. The summed E-state index contributed by atoms with van der Waals surface area (Å²) in [6.45, 7) is 7.46. The number of nitrogens with zero attached hydrogens (tertiary/aromatic N) is 2. The molecule has 0 aliphatic heterocycles. The van der Waals surface area contributed by atoms with E-state index < -0.39 is 11.3 Å². The zero-order chi connectivity index (χ0) is 25.5. The van der Waals surface area contributed by atoms with Crippen LogP contribution in [-0.4, -0.2) is 16.2 Å². The maximum absolute atomic E-state index is 9.92. The van der Waals surface area contributed by atoms with Crippen LogP contribution in [0.15, 0.2) is 111 Å². The van der Waals surface area contributed by atoms with Gasteiger partial charge in [0.2, 0.25) is 6.33 Å². The van der Waals surface area contributed by atoms with Crippen molar-refractivity contribution < 1.29 is 34.9 Å². The first-order valence-corrected chi connectivity index (χ1v) is 13.3. The van der Waals surface area contributed by atoms with Crippen LogP contribution in [-0.2, 0) is 27.0 Å². The molecular formula is C30H31N2O4PPd. The Labute approximate surface area is 237 Å². The first-order valence-electron chi connectivity index (χ1n) is 11.8. The average Bonchev–Trinajstić information content (AvgIpc) is 3.48. The van der Waals surface area contributed by atoms with Crippen molar-refractivity contribution in [3.8, 4) is 5.69 Å². The summed E-state index contributed by atoms with van der Waals surface area (Å²) in [7, 11) is -0.386. The van der Waals surface area contributed by atoms with E-state index in [1.54, 1.807) is 0 Å². The third kappa shape index (κ3) is 8.15. The van der Waals surface area contributed by atoms with Crippen molar-refractivity contribution in [3.63, 3.8) is 0 Å². The molecule has 0 unspecified atom stereocenters. The van der Waals surface area contributed by atoms with Crippen molar-refractivity contribution in [3.05, 3.63) is 141 Å². The van der Waals surface area contributed by atoms with Crippen molar-refractivity contribution in [1.29, 1.82) is 0 Å². The number of benzene rings is 3. The predicted molar refractivity (Wildman–Crippen MR) is 149 cm³/mol. The fourth-order valence-corrected chi connectivity index (χ4v) is 6.58. The molecule has 0 aliphatic rings. The van der Waals surface area contributed by atoms with Gasteiger partial charge in [-0.05, 0) is 50.4 Å². The van der Waals surface area contributed by atoms with Gasteiger partial charge in [-0.2, -0.15) is 0 Å². The molecule has 0 saturated carbocycles. The number of aryl methyl sites for hydroxylation is 4. The van der Waals surface area contributed by atoms with Gasteiger partial charge in [-0.3, -0.25) is 12.1 Å². The first kappa shape index (κ1) is 31.0. The van der Waals surface area contributed by atoms with Crippen LogP contribution in [0.3, 0.4) is 0 Å². The molecule has 5 aromatic rings. The van der Waals surface area contributed by atoms with Crippen molar-refractivity contribution in [2.45, 2.75) is 27.3 Å². The van der Waals surface area contributed by atoms with E-state index in [9.17, 15) is 9.59 Å². The summed E-state index contributed by atoms with van der Waals surface area (Å²) >= 11 is 0. The van der Waals surface area contributed by atoms with Gasteiger partial charge in [0.15, 0.2) is 0 Å². The maximum atomic E-state index is 9.92. The Morgan fingerprint density at radius 3 is 1.82 bits per heavy atom. The van der Waals surface area contributed by atoms with E-state index in [0.717, 1.165) is 24.8 Å². The van der Waals surface area contributed by atoms with Gasteiger partial charge in [0.05, 0.1) is 23.5 Å². The minimum absolute atomic E-state index is 0. The van der Waals surface area contributed by atoms with Crippen molar-refractivity contribution in [1.82, 2.24) is 4.57 Å². The average molecular weight is 621 g/mol. The van der Waals surface area contributed by atoms with Crippen molar-refractivity contribution in [2.24, 2.45) is 0 Å². The minimum Gasteiger partial charge on any atom is -0.601 e. The smallest absolute Gasteiger partial charge is 0.601 e. The van der Waals surface area contributed by atoms with Crippen LogP contribution in [0.1, 0.15) is 16.7 Å². The number of hydrogen-bond acceptors (Lipinski definition) is 3. The number of furan rings is 1. The fraction of sp³-hybridized carbons (Fsp3) is 0.167. The van der Waals surface area contributed by atoms with Gasteiger partial charge in [0.25, 0.3) is 0 Å². The molecule has 6 nitrogen and oxygen atoms in total. The normalized spacial score (nSPS) is 10.2. The van der Waals surface area contributed by atoms with Gasteiger partial charge in [0, 0.05) is 18.6 Å². The molecule has 200 valence electrons. The van der Waals surface area contributed by atoms with Crippen LogP contribution in [0, 0.1) is 27.1 Å². The summed E-state index contributed by atoms with van der Waals surface area (Å²) in [5, 5.41) is 2.86. The summed E-state index contributed by atoms with van der Waals surface area (Å²) in [5.41, 5.74) is 3.97. The topological polar surface area (TPSA) is 87.6 Å². The van der Waals surface area contributed by atoms with Crippen LogP contribution >= 0.6 is 7.92 Å². The molecular weight excluding hydrogens is 590 g/mol. The second-order valence-corrected chi connectivity index (χ2v) is 10.9. The number of rotatable bonds is 6. The van der Waals surface area contributed by atoms with Crippen LogP contribution in [0.4, 0.5) is 0 Å². The van der Waals surface area contributed by atoms with Crippen LogP contribution < -0.4 is 26.4 Å². The van der Waals surface area contributed by atoms with E-state index >= 15 is 0 Å². The first-order chi connectivity index (χ1) is 17.4. The number of imidazole rings is 1. The molecule has 0 saturated heterocycles. The zero-order valence-corrected chi connectivity index (χ0v) is 24.0. The van der Waals surface area contributed by atoms with E-state index in [1.807, 2.05) is 0 Å². The van der Waals surface area contributed by atoms with Crippen molar-refractivity contribution in [2.75, 3.05) is 6.16 Å². The van der Waals surface area contributed by atoms with E-state index in [-0.39, 0.29) is 33.8 Å². The molecule has 0 radical (unpaired) electrons. The molecule has 3 aromatic carbocycles. The molecule has 38 heavy (non-hydrogen) atoms. The Morgan fingerprint density at radius 1 is 0.868 bits per heavy atom. The molecule has 0 atom stereocenters. The molecule has 0 fully saturated rings. The fourth-order valence-electron chi connectivity index (χ4n) is 4.29. The molecule has 2 N–H and O–H groups in total. The van der Waals surface area contributed by atoms with Gasteiger partial charge >= 0.3 is 20.4 Å². The molecule has 2 aromatic heterocycles. The monoisotopic (exact) mass is 620 g/mol. The Hall–Kier alpha value is -3.20. The summed E-state index contributed by atoms with van der Waals surface area (Å²) in [6.07, 6.45) is 8.89. The summed E-state index contributed by atoms with van der Waals surface area (Å²) in [6, 6.07) is 28.5. The van der Waals surface area contributed by atoms with Crippen LogP contribution in [0.5, 0.6) is 0 Å². The third-order valence-electron chi connectivity index (χ3n) is 5.77. The van der Waals surface area contributed by atoms with Gasteiger partial charge in [-0.15, -0.1) is 0 Å². The van der Waals surface area contributed by atoms with Crippen LogP contribution in [0.25, 0.3) is 5.69 Å². The van der Waals surface area contributed by atoms with Crippen molar-refractivity contribution >= 4 is 18.5 Å². The molecule has 0 amide bonds. The quantitative estimate of drug-likeness (QED) is 0.126. The van der Waals surface area contributed by atoms with Gasteiger partial charge < -0.3 is 28.6 Å². The maximum Gasteiger partial charge on any atom is 2.00 e. The Morgan fingerprint density at radius 2 is 1.37 bits per heavy atom. The molecule has 2 heterocycles. The van der Waals surface area contributed by atoms with Crippen LogP contribution in [0.2, 0.25) is 0 Å². The van der Waals surface area contributed by atoms with E-state index in [2.05, 4.69) is 126 Å². The summed E-state index contributed by atoms with van der Waals surface area (Å²) in [5.74, 6) is 0. The number of aromatic nitrogens is 2. The largest absolute Gasteiger partial charge is 2.00 e. The Kier molecular flexibility index (Phi) is 12.0. The molecule has 0 spiro atoms. The van der Waals surface area contributed by atoms with Gasteiger partial charge in [-0.25, -0.2) is 0 Å². The van der Waals surface area contributed by atoms with Gasteiger partial charge in [-0.1, -0.05) is 78.4 Å². The second-order valence-electron chi connectivity index (χ2n) is 8.61. The van der Waals surface area contributed by atoms with Gasteiger partial charge in [0.1, 0.15) is 0 Å². The molecule has 0 aliphatic carbocycles. The van der Waals surface area contributed by atoms with E-state index in [4.69, 9.17) is 0 Å². The zero-order valence-electron chi connectivity index (χ0n) is 21.5. The van der Waals surface area contributed by atoms with E-state index in [1.165, 1.54) is 33.0 Å². The summed E-state index contributed by atoms with van der Waals surface area (Å²) < 4.78 is 8.30. The SMILES string of the molecule is Cc1cc(C)c(-n2[c-][n+](CCP(c3ccccc3)c3ccccc3)cc2)c(C)c1.O.O=c1[cH-][cH-]c(=O)o1.[Pd+2]. The Balaban J connectivity index is 0.000000492. The minimum atomic E-state index is -0.579. The van der Waals surface area contributed by atoms with E-state index in [0.29, 0.717) is 0 Å². The number of hydrogen-bond donors (Lipinski definition) is 0. The Bertz CT molecular complexity index is 1430. The standard InChI is InChI=1S/C26H27N2P.C4H2O3.H2O.Pd/c1-21-18-22(2)26(23(3)19-21)28-15-14-27(20-28)16-17-29(24-10-6-4-7-11-24)25-12-8-5-9-13-25;5-3-1-2-4(6)7-3;;/h4-15,18-19H,16-17H2,1-3H3;1-2H;1H2;/q;-2;;+2. The molecule has 5 rings (SSSR count). The molecule has 8 heteroatoms. The predicted octanol–water partition coefficient (Wildman–Crippen LogP) is 3.23. The second kappa shape index (κ2) is 14.7. The molecule has 0 bridgehead atoms.